The molecule has 0 saturated heterocycles. The standard InChI is InChI=1S/C17H21Cl2N3O3/c1-2-15-21-17(25-22-15)6-3-5-16(23)20-9-4-10-24-14-8-7-12(18)11-13(14)19/h7-8,11H,2-6,9-10H2,1H3,(H,20,23). The molecule has 8 heteroatoms. The van der Waals surface area contributed by atoms with Gasteiger partial charge in [-0.3, -0.25) is 4.79 Å². The number of nitrogens with zero attached hydrogens (tertiary/aromatic N) is 2. The lowest BCUT2D eigenvalue weighted by Gasteiger charge is -2.09. The molecule has 0 fully saturated rings. The normalized spacial score (nSPS) is 10.7. The highest BCUT2D eigenvalue weighted by Gasteiger charge is 2.07. The van der Waals surface area contributed by atoms with Crippen LogP contribution in [0, 0.1) is 0 Å². The Bertz CT molecular complexity index is 692. The molecule has 6 nitrogen and oxygen atoms in total. The first-order chi connectivity index (χ1) is 12.1. The highest BCUT2D eigenvalue weighted by atomic mass is 35.5. The zero-order chi connectivity index (χ0) is 18.1. The van der Waals surface area contributed by atoms with E-state index in [1.807, 2.05) is 6.92 Å². The summed E-state index contributed by atoms with van der Waals surface area (Å²) in [6.45, 7) is 2.97. The van der Waals surface area contributed by atoms with E-state index in [9.17, 15) is 4.79 Å². The van der Waals surface area contributed by atoms with Gasteiger partial charge in [-0.15, -0.1) is 0 Å². The van der Waals surface area contributed by atoms with E-state index in [1.54, 1.807) is 18.2 Å². The molecule has 0 aliphatic carbocycles. The fraction of sp³-hybridized carbons (Fsp3) is 0.471. The van der Waals surface area contributed by atoms with E-state index in [2.05, 4.69) is 15.5 Å². The summed E-state index contributed by atoms with van der Waals surface area (Å²) < 4.78 is 10.6. The number of hydrogen-bond acceptors (Lipinski definition) is 5. The molecule has 0 radical (unpaired) electrons. The van der Waals surface area contributed by atoms with Gasteiger partial charge in [-0.25, -0.2) is 0 Å². The fourth-order valence-corrected chi connectivity index (χ4v) is 2.56. The zero-order valence-corrected chi connectivity index (χ0v) is 15.6. The maximum atomic E-state index is 11.8. The van der Waals surface area contributed by atoms with Crippen LogP contribution in [0.5, 0.6) is 5.75 Å². The van der Waals surface area contributed by atoms with Gasteiger partial charge in [0.25, 0.3) is 0 Å². The van der Waals surface area contributed by atoms with Crippen molar-refractivity contribution < 1.29 is 14.1 Å². The van der Waals surface area contributed by atoms with E-state index < -0.39 is 0 Å². The molecule has 1 aromatic heterocycles. The molecule has 0 bridgehead atoms. The zero-order valence-electron chi connectivity index (χ0n) is 14.1. The van der Waals surface area contributed by atoms with Crippen LogP contribution in [0.1, 0.15) is 37.9 Å². The van der Waals surface area contributed by atoms with Crippen LogP contribution in [0.2, 0.25) is 10.0 Å². The third kappa shape index (κ3) is 6.92. The molecule has 2 aromatic rings. The second-order valence-electron chi connectivity index (χ2n) is 5.44. The Balaban J connectivity index is 1.54. The number of aryl methyl sites for hydroxylation is 2. The van der Waals surface area contributed by atoms with Crippen molar-refractivity contribution in [2.75, 3.05) is 13.2 Å². The van der Waals surface area contributed by atoms with Gasteiger partial charge in [-0.2, -0.15) is 4.98 Å². The van der Waals surface area contributed by atoms with Crippen LogP contribution in [0.3, 0.4) is 0 Å². The Morgan fingerprint density at radius 3 is 2.88 bits per heavy atom. The van der Waals surface area contributed by atoms with Gasteiger partial charge in [0.2, 0.25) is 11.8 Å². The van der Waals surface area contributed by atoms with E-state index in [1.165, 1.54) is 0 Å². The molecule has 0 aliphatic rings. The fourth-order valence-electron chi connectivity index (χ4n) is 2.10. The van der Waals surface area contributed by atoms with E-state index in [0.717, 1.165) is 6.42 Å². The molecule has 0 saturated carbocycles. The summed E-state index contributed by atoms with van der Waals surface area (Å²) in [5.74, 6) is 1.86. The number of carbonyl (C=O) groups is 1. The van der Waals surface area contributed by atoms with Crippen LogP contribution in [0.15, 0.2) is 22.7 Å². The first-order valence-electron chi connectivity index (χ1n) is 8.24. The lowest BCUT2D eigenvalue weighted by molar-refractivity contribution is -0.121. The smallest absolute Gasteiger partial charge is 0.226 e. The minimum absolute atomic E-state index is 0.000226. The Morgan fingerprint density at radius 1 is 1.32 bits per heavy atom. The van der Waals surface area contributed by atoms with Gasteiger partial charge in [0.05, 0.1) is 11.6 Å². The number of nitrogens with one attached hydrogen (secondary N) is 1. The number of carbonyl (C=O) groups excluding carboxylic acids is 1. The second-order valence-corrected chi connectivity index (χ2v) is 6.28. The number of halogens is 2. The lowest BCUT2D eigenvalue weighted by Crippen LogP contribution is -2.25. The maximum Gasteiger partial charge on any atom is 0.226 e. The number of aromatic nitrogens is 2. The largest absolute Gasteiger partial charge is 0.492 e. The average Bonchev–Trinajstić information content (AvgIpc) is 3.04. The van der Waals surface area contributed by atoms with Gasteiger partial charge in [0, 0.05) is 30.8 Å². The first kappa shape index (κ1) is 19.5. The predicted octanol–water partition coefficient (Wildman–Crippen LogP) is 3.85. The third-order valence-electron chi connectivity index (χ3n) is 3.42. The maximum absolute atomic E-state index is 11.8. The van der Waals surface area contributed by atoms with Crippen LogP contribution in [-0.4, -0.2) is 29.2 Å². The third-order valence-corrected chi connectivity index (χ3v) is 3.95. The number of amides is 1. The molecule has 1 heterocycles. The Morgan fingerprint density at radius 2 is 2.16 bits per heavy atom. The van der Waals surface area contributed by atoms with Gasteiger partial charge >= 0.3 is 0 Å². The van der Waals surface area contributed by atoms with Crippen LogP contribution in [0.4, 0.5) is 0 Å². The van der Waals surface area contributed by atoms with Crippen molar-refractivity contribution in [3.05, 3.63) is 40.0 Å². The minimum atomic E-state index is -0.000226. The Kier molecular flexibility index (Phi) is 8.01. The molecule has 0 spiro atoms. The molecule has 1 amide bonds. The van der Waals surface area contributed by atoms with Gasteiger partial charge in [-0.05, 0) is 31.0 Å². The lowest BCUT2D eigenvalue weighted by atomic mass is 10.2. The summed E-state index contributed by atoms with van der Waals surface area (Å²) in [7, 11) is 0. The predicted molar refractivity (Wildman–Crippen MR) is 96.2 cm³/mol. The summed E-state index contributed by atoms with van der Waals surface area (Å²) in [6.07, 6.45) is 3.14. The van der Waals surface area contributed by atoms with Crippen LogP contribution < -0.4 is 10.1 Å². The van der Waals surface area contributed by atoms with Crippen LogP contribution in [-0.2, 0) is 17.6 Å². The van der Waals surface area contributed by atoms with E-state index in [4.69, 9.17) is 32.5 Å². The summed E-state index contributed by atoms with van der Waals surface area (Å²) in [4.78, 5) is 16.0. The molecule has 136 valence electrons. The van der Waals surface area contributed by atoms with Crippen LogP contribution >= 0.6 is 23.2 Å². The van der Waals surface area contributed by atoms with Crippen molar-refractivity contribution in [2.24, 2.45) is 0 Å². The molecule has 2 rings (SSSR count). The second kappa shape index (κ2) is 10.3. The van der Waals surface area contributed by atoms with E-state index >= 15 is 0 Å². The number of rotatable bonds is 10. The van der Waals surface area contributed by atoms with Crippen molar-refractivity contribution in [1.29, 1.82) is 0 Å². The Labute approximate surface area is 156 Å². The van der Waals surface area contributed by atoms with Crippen molar-refractivity contribution in [1.82, 2.24) is 15.5 Å². The summed E-state index contributed by atoms with van der Waals surface area (Å²) in [6, 6.07) is 5.08. The number of benzene rings is 1. The molecule has 25 heavy (non-hydrogen) atoms. The minimum Gasteiger partial charge on any atom is -0.492 e. The van der Waals surface area contributed by atoms with Gasteiger partial charge in [0.15, 0.2) is 5.82 Å². The number of hydrogen-bond donors (Lipinski definition) is 1. The van der Waals surface area contributed by atoms with E-state index in [-0.39, 0.29) is 5.91 Å². The Hall–Kier alpha value is -1.79. The summed E-state index contributed by atoms with van der Waals surface area (Å²) >= 11 is 11.8. The highest BCUT2D eigenvalue weighted by molar-refractivity contribution is 6.35. The van der Waals surface area contributed by atoms with Gasteiger partial charge in [0.1, 0.15) is 5.75 Å². The van der Waals surface area contributed by atoms with Crippen molar-refractivity contribution in [3.8, 4) is 5.75 Å². The van der Waals surface area contributed by atoms with Crippen molar-refractivity contribution >= 4 is 29.1 Å². The quantitative estimate of drug-likeness (QED) is 0.628. The topological polar surface area (TPSA) is 77.2 Å². The molecular formula is C17H21Cl2N3O3. The molecule has 1 N–H and O–H groups in total. The monoisotopic (exact) mass is 385 g/mol. The molecule has 0 unspecified atom stereocenters. The van der Waals surface area contributed by atoms with E-state index in [0.29, 0.717) is 66.3 Å². The average molecular weight is 386 g/mol. The van der Waals surface area contributed by atoms with Gasteiger partial charge < -0.3 is 14.6 Å². The molecule has 0 atom stereocenters. The summed E-state index contributed by atoms with van der Waals surface area (Å²) in [5, 5.41) is 7.72. The first-order valence-corrected chi connectivity index (χ1v) is 9.00. The van der Waals surface area contributed by atoms with Crippen LogP contribution in [0.25, 0.3) is 0 Å². The molecule has 1 aromatic carbocycles. The SMILES string of the molecule is CCc1noc(CCCC(=O)NCCCOc2ccc(Cl)cc2Cl)n1. The summed E-state index contributed by atoms with van der Waals surface area (Å²) in [5.41, 5.74) is 0. The van der Waals surface area contributed by atoms with Crippen molar-refractivity contribution in [2.45, 2.75) is 39.0 Å². The van der Waals surface area contributed by atoms with Crippen molar-refractivity contribution in [3.63, 3.8) is 0 Å². The highest BCUT2D eigenvalue weighted by Crippen LogP contribution is 2.27. The van der Waals surface area contributed by atoms with Gasteiger partial charge in [-0.1, -0.05) is 35.3 Å². The number of ether oxygens (including phenoxy) is 1. The molecule has 0 aliphatic heterocycles. The molecular weight excluding hydrogens is 365 g/mol.